The number of para-hydroxylation sites is 1. The summed E-state index contributed by atoms with van der Waals surface area (Å²) in [6.45, 7) is 0. The number of amides is 1. The van der Waals surface area contributed by atoms with Crippen LogP contribution in [0.2, 0.25) is 0 Å². The summed E-state index contributed by atoms with van der Waals surface area (Å²) < 4.78 is 7.43. The van der Waals surface area contributed by atoms with Crippen LogP contribution in [0, 0.1) is 0 Å². The molecule has 2 atom stereocenters. The fourth-order valence-electron chi connectivity index (χ4n) is 4.47. The van der Waals surface area contributed by atoms with Crippen molar-refractivity contribution in [3.8, 4) is 5.75 Å². The summed E-state index contributed by atoms with van der Waals surface area (Å²) in [6.07, 6.45) is 0.702. The molecule has 0 aromatic heterocycles. The predicted octanol–water partition coefficient (Wildman–Crippen LogP) is 4.80. The molecule has 142 valence electrons. The van der Waals surface area contributed by atoms with Gasteiger partial charge in [0.2, 0.25) is 0 Å². The fourth-order valence-corrected chi connectivity index (χ4v) is 4.85. The maximum Gasteiger partial charge on any atom is 0.306 e. The molecule has 0 bridgehead atoms. The van der Waals surface area contributed by atoms with Gasteiger partial charge in [-0.15, -0.1) is 0 Å². The van der Waals surface area contributed by atoms with Crippen LogP contribution in [-0.4, -0.2) is 16.6 Å². The third kappa shape index (κ3) is 2.26. The molecule has 2 unspecified atom stereocenters. The van der Waals surface area contributed by atoms with Crippen LogP contribution < -0.4 is 10.1 Å². The van der Waals surface area contributed by atoms with Crippen LogP contribution in [0.4, 0.5) is 5.69 Å². The van der Waals surface area contributed by atoms with E-state index < -0.39 is 5.72 Å². The van der Waals surface area contributed by atoms with Gasteiger partial charge in [0, 0.05) is 16.5 Å². The first kappa shape index (κ1) is 16.8. The van der Waals surface area contributed by atoms with E-state index in [1.807, 2.05) is 59.6 Å². The van der Waals surface area contributed by atoms with Gasteiger partial charge in [-0.2, -0.15) is 5.10 Å². The minimum Gasteiger partial charge on any atom is -0.453 e. The lowest BCUT2D eigenvalue weighted by Crippen LogP contribution is -2.55. The van der Waals surface area contributed by atoms with Crippen LogP contribution in [0.25, 0.3) is 0 Å². The summed E-state index contributed by atoms with van der Waals surface area (Å²) >= 11 is 3.57. The highest BCUT2D eigenvalue weighted by molar-refractivity contribution is 9.10. The van der Waals surface area contributed by atoms with E-state index in [0.717, 1.165) is 32.6 Å². The maximum atomic E-state index is 13.3. The minimum absolute atomic E-state index is 0.0941. The Hall–Kier alpha value is -3.12. The van der Waals surface area contributed by atoms with Crippen molar-refractivity contribution in [3.05, 3.63) is 94.0 Å². The molecule has 6 heteroatoms. The number of hydrogen-bond donors (Lipinski definition) is 1. The van der Waals surface area contributed by atoms with Crippen LogP contribution in [0.15, 0.2) is 82.4 Å². The van der Waals surface area contributed by atoms with Crippen LogP contribution in [-0.2, 0) is 10.5 Å². The second-order valence-corrected chi connectivity index (χ2v) is 8.32. The zero-order chi connectivity index (χ0) is 19.6. The topological polar surface area (TPSA) is 53.9 Å². The summed E-state index contributed by atoms with van der Waals surface area (Å²) in [4.78, 5) is 13.3. The van der Waals surface area contributed by atoms with Crippen molar-refractivity contribution in [2.24, 2.45) is 5.10 Å². The number of nitrogens with one attached hydrogen (secondary N) is 1. The second kappa shape index (κ2) is 5.94. The van der Waals surface area contributed by atoms with E-state index in [4.69, 9.17) is 9.84 Å². The smallest absolute Gasteiger partial charge is 0.306 e. The number of hydrogen-bond acceptors (Lipinski definition) is 4. The number of fused-ring (bicyclic) bond motifs is 6. The zero-order valence-corrected chi connectivity index (χ0v) is 16.9. The van der Waals surface area contributed by atoms with Gasteiger partial charge >= 0.3 is 5.72 Å². The molecule has 1 N–H and O–H groups in total. The van der Waals surface area contributed by atoms with Gasteiger partial charge in [-0.1, -0.05) is 64.5 Å². The number of benzene rings is 3. The van der Waals surface area contributed by atoms with Crippen LogP contribution >= 0.6 is 15.9 Å². The van der Waals surface area contributed by atoms with Gasteiger partial charge in [-0.25, -0.2) is 5.01 Å². The molecule has 3 aromatic rings. The van der Waals surface area contributed by atoms with E-state index >= 15 is 0 Å². The number of carbonyl (C=O) groups excluding carboxylic acids is 1. The van der Waals surface area contributed by atoms with Crippen molar-refractivity contribution >= 4 is 33.2 Å². The van der Waals surface area contributed by atoms with E-state index in [1.165, 1.54) is 0 Å². The van der Waals surface area contributed by atoms with E-state index in [-0.39, 0.29) is 11.9 Å². The lowest BCUT2D eigenvalue weighted by molar-refractivity contribution is -0.161. The molecule has 0 aliphatic carbocycles. The number of halogens is 1. The molecule has 3 aliphatic heterocycles. The molecule has 0 saturated heterocycles. The maximum absolute atomic E-state index is 13.3. The van der Waals surface area contributed by atoms with Gasteiger partial charge in [0.05, 0.1) is 23.0 Å². The summed E-state index contributed by atoms with van der Waals surface area (Å²) in [5.41, 5.74) is 3.28. The molecule has 1 amide bonds. The molecule has 3 heterocycles. The molecule has 1 spiro atoms. The normalized spacial score (nSPS) is 23.8. The Balaban J connectivity index is 1.59. The summed E-state index contributed by atoms with van der Waals surface area (Å²) in [5.74, 6) is 0.501. The number of anilines is 1. The molecule has 5 nitrogen and oxygen atoms in total. The quantitative estimate of drug-likeness (QED) is 0.585. The lowest BCUT2D eigenvalue weighted by atomic mass is 9.92. The first-order chi connectivity index (χ1) is 14.2. The molecule has 0 saturated carbocycles. The largest absolute Gasteiger partial charge is 0.453 e. The number of carbonyl (C=O) groups is 1. The molecular weight excluding hydrogens is 430 g/mol. The predicted molar refractivity (Wildman–Crippen MR) is 114 cm³/mol. The Labute approximate surface area is 176 Å². The Bertz CT molecular complexity index is 1190. The van der Waals surface area contributed by atoms with Gasteiger partial charge in [0.1, 0.15) is 5.75 Å². The first-order valence-corrected chi connectivity index (χ1v) is 10.3. The Morgan fingerprint density at radius 1 is 1.07 bits per heavy atom. The Morgan fingerprint density at radius 3 is 2.72 bits per heavy atom. The standard InChI is InChI=1S/C23H16BrN3O2/c24-15-10-11-21-16(12-15)20-13-19(14-6-2-1-3-7-14)26-27(20)23(29-21)17-8-4-5-9-18(17)25-22(23)28/h1-12,20H,13H2,(H,25,28). The first-order valence-electron chi connectivity index (χ1n) is 9.48. The summed E-state index contributed by atoms with van der Waals surface area (Å²) in [7, 11) is 0. The minimum atomic E-state index is -1.31. The van der Waals surface area contributed by atoms with Crippen LogP contribution in [0.1, 0.15) is 29.2 Å². The second-order valence-electron chi connectivity index (χ2n) is 7.41. The number of ether oxygens (including phenoxy) is 1. The number of hydrazone groups is 1. The van der Waals surface area contributed by atoms with E-state index in [1.54, 1.807) is 0 Å². The van der Waals surface area contributed by atoms with Crippen molar-refractivity contribution < 1.29 is 9.53 Å². The zero-order valence-electron chi connectivity index (χ0n) is 15.3. The van der Waals surface area contributed by atoms with Gasteiger partial charge in [0.25, 0.3) is 5.91 Å². The van der Waals surface area contributed by atoms with Crippen molar-refractivity contribution in [1.82, 2.24) is 5.01 Å². The van der Waals surface area contributed by atoms with Crippen molar-refractivity contribution in [2.75, 3.05) is 5.32 Å². The Morgan fingerprint density at radius 2 is 1.86 bits per heavy atom. The van der Waals surface area contributed by atoms with Gasteiger partial charge in [-0.3, -0.25) is 4.79 Å². The van der Waals surface area contributed by atoms with Gasteiger partial charge in [-0.05, 0) is 29.8 Å². The lowest BCUT2D eigenvalue weighted by Gasteiger charge is -2.44. The van der Waals surface area contributed by atoms with E-state index in [0.29, 0.717) is 12.2 Å². The van der Waals surface area contributed by atoms with Crippen LogP contribution in [0.3, 0.4) is 0 Å². The fraction of sp³-hybridized carbons (Fsp3) is 0.130. The van der Waals surface area contributed by atoms with Crippen molar-refractivity contribution in [2.45, 2.75) is 18.2 Å². The highest BCUT2D eigenvalue weighted by Crippen LogP contribution is 2.54. The third-order valence-corrected chi connectivity index (χ3v) is 6.27. The molecule has 3 aliphatic rings. The summed E-state index contributed by atoms with van der Waals surface area (Å²) in [6, 6.07) is 23.6. The average Bonchev–Trinajstić information content (AvgIpc) is 3.31. The highest BCUT2D eigenvalue weighted by atomic mass is 79.9. The average molecular weight is 446 g/mol. The molecular formula is C23H16BrN3O2. The number of nitrogens with zero attached hydrogens (tertiary/aromatic N) is 2. The van der Waals surface area contributed by atoms with E-state index in [2.05, 4.69) is 39.4 Å². The molecule has 0 radical (unpaired) electrons. The van der Waals surface area contributed by atoms with E-state index in [9.17, 15) is 4.79 Å². The summed E-state index contributed by atoms with van der Waals surface area (Å²) in [5, 5.41) is 9.78. The number of rotatable bonds is 1. The SMILES string of the molecule is O=C1Nc2ccccc2C12Oc1ccc(Br)cc1C1CC(c3ccccc3)=NN12. The third-order valence-electron chi connectivity index (χ3n) is 5.78. The molecule has 0 fully saturated rings. The van der Waals surface area contributed by atoms with Crippen molar-refractivity contribution in [3.63, 3.8) is 0 Å². The molecule has 3 aromatic carbocycles. The van der Waals surface area contributed by atoms with Crippen molar-refractivity contribution in [1.29, 1.82) is 0 Å². The monoisotopic (exact) mass is 445 g/mol. The Kier molecular flexibility index (Phi) is 3.44. The molecule has 6 rings (SSSR count). The van der Waals surface area contributed by atoms with Crippen LogP contribution in [0.5, 0.6) is 5.75 Å². The molecule has 29 heavy (non-hydrogen) atoms. The highest BCUT2D eigenvalue weighted by Gasteiger charge is 2.60. The van der Waals surface area contributed by atoms with Gasteiger partial charge in [0.15, 0.2) is 0 Å². The van der Waals surface area contributed by atoms with Gasteiger partial charge < -0.3 is 10.1 Å².